The topological polar surface area (TPSA) is 0 Å². The van der Waals surface area contributed by atoms with E-state index < -0.39 is 0 Å². The van der Waals surface area contributed by atoms with Gasteiger partial charge in [-0.15, -0.1) is 6.58 Å². The summed E-state index contributed by atoms with van der Waals surface area (Å²) in [4.78, 5) is 0. The highest BCUT2D eigenvalue weighted by atomic mass is 32.1. The van der Waals surface area contributed by atoms with Crippen molar-refractivity contribution in [1.29, 1.82) is 0 Å². The molecule has 80 valence electrons. The quantitative estimate of drug-likeness (QED) is 0.515. The molecular weight excluding hydrogens is 188 g/mol. The van der Waals surface area contributed by atoms with E-state index in [9.17, 15) is 0 Å². The molecule has 2 rings (SSSR count). The predicted molar refractivity (Wildman–Crippen MR) is 65.8 cm³/mol. The second kappa shape index (κ2) is 2.81. The van der Waals surface area contributed by atoms with E-state index in [4.69, 9.17) is 12.6 Å². The van der Waals surface area contributed by atoms with Gasteiger partial charge in [0.15, 0.2) is 0 Å². The Bertz CT molecular complexity index is 268. The minimum absolute atomic E-state index is 0.209. The third kappa shape index (κ3) is 0.973. The number of rotatable bonds is 2. The van der Waals surface area contributed by atoms with Gasteiger partial charge >= 0.3 is 0 Å². The fourth-order valence-electron chi connectivity index (χ4n) is 3.97. The minimum atomic E-state index is 0.209. The molecule has 0 aromatic rings. The molecule has 0 radical (unpaired) electrons. The summed E-state index contributed by atoms with van der Waals surface area (Å²) in [5.74, 6) is 0.880. The molecule has 0 spiro atoms. The van der Waals surface area contributed by atoms with E-state index in [0.717, 1.165) is 12.3 Å². The number of hydrogen-bond donors (Lipinski definition) is 1. The standard InChI is InChI=1S/C13H22S/c1-5-7-13(14)9-10-6-8-12(13,4)11(10,2)3/h5,10,14H,1,6-9H2,2-4H3. The molecule has 1 heteroatoms. The number of allylic oxidation sites excluding steroid dienone is 1. The lowest BCUT2D eigenvalue weighted by atomic mass is 9.65. The van der Waals surface area contributed by atoms with Crippen LogP contribution >= 0.6 is 12.6 Å². The minimum Gasteiger partial charge on any atom is -0.172 e. The van der Waals surface area contributed by atoms with Gasteiger partial charge in [0.05, 0.1) is 0 Å². The lowest BCUT2D eigenvalue weighted by Crippen LogP contribution is -2.42. The maximum absolute atomic E-state index is 4.99. The van der Waals surface area contributed by atoms with E-state index in [2.05, 4.69) is 33.4 Å². The van der Waals surface area contributed by atoms with Crippen molar-refractivity contribution in [2.75, 3.05) is 0 Å². The Morgan fingerprint density at radius 1 is 1.43 bits per heavy atom. The summed E-state index contributed by atoms with van der Waals surface area (Å²) in [5.41, 5.74) is 0.875. The van der Waals surface area contributed by atoms with Gasteiger partial charge in [0, 0.05) is 4.75 Å². The van der Waals surface area contributed by atoms with Crippen LogP contribution in [0.1, 0.15) is 46.5 Å². The van der Waals surface area contributed by atoms with Crippen molar-refractivity contribution in [2.45, 2.75) is 51.2 Å². The summed E-state index contributed by atoms with van der Waals surface area (Å²) < 4.78 is 0.209. The number of fused-ring (bicyclic) bond motifs is 2. The van der Waals surface area contributed by atoms with Crippen LogP contribution in [-0.4, -0.2) is 4.75 Å². The first-order valence-corrected chi connectivity index (χ1v) is 6.15. The molecule has 2 fully saturated rings. The Labute approximate surface area is 93.6 Å². The van der Waals surface area contributed by atoms with Crippen molar-refractivity contribution in [1.82, 2.24) is 0 Å². The number of hydrogen-bond acceptors (Lipinski definition) is 1. The molecule has 0 aromatic carbocycles. The van der Waals surface area contributed by atoms with Crippen molar-refractivity contribution in [3.63, 3.8) is 0 Å². The van der Waals surface area contributed by atoms with Gasteiger partial charge in [-0.3, -0.25) is 0 Å². The zero-order valence-electron chi connectivity index (χ0n) is 9.64. The molecule has 2 saturated carbocycles. The Morgan fingerprint density at radius 3 is 2.43 bits per heavy atom. The number of thiol groups is 1. The summed E-state index contributed by atoms with van der Waals surface area (Å²) in [7, 11) is 0. The lowest BCUT2D eigenvalue weighted by Gasteiger charge is -2.45. The molecule has 0 saturated heterocycles. The zero-order valence-corrected chi connectivity index (χ0v) is 10.5. The maximum Gasteiger partial charge on any atom is 0.0225 e. The van der Waals surface area contributed by atoms with E-state index in [1.165, 1.54) is 19.3 Å². The molecule has 0 aliphatic heterocycles. The van der Waals surface area contributed by atoms with Gasteiger partial charge in [-0.1, -0.05) is 26.8 Å². The summed E-state index contributed by atoms with van der Waals surface area (Å²) in [6.45, 7) is 11.2. The third-order valence-corrected chi connectivity index (χ3v) is 6.39. The second-order valence-corrected chi connectivity index (χ2v) is 6.87. The molecule has 0 nitrogen and oxygen atoms in total. The van der Waals surface area contributed by atoms with Crippen LogP contribution in [0.4, 0.5) is 0 Å². The molecule has 0 aromatic heterocycles. The van der Waals surface area contributed by atoms with Crippen LogP contribution in [0.2, 0.25) is 0 Å². The Morgan fingerprint density at radius 2 is 2.07 bits per heavy atom. The summed E-state index contributed by atoms with van der Waals surface area (Å²) in [6.07, 6.45) is 7.15. The molecular formula is C13H22S. The van der Waals surface area contributed by atoms with E-state index in [1.54, 1.807) is 0 Å². The van der Waals surface area contributed by atoms with Crippen molar-refractivity contribution in [3.8, 4) is 0 Å². The molecule has 0 heterocycles. The van der Waals surface area contributed by atoms with Crippen LogP contribution in [-0.2, 0) is 0 Å². The highest BCUT2D eigenvalue weighted by molar-refractivity contribution is 7.81. The van der Waals surface area contributed by atoms with Crippen LogP contribution in [0, 0.1) is 16.7 Å². The summed E-state index contributed by atoms with van der Waals surface area (Å²) >= 11 is 4.99. The molecule has 2 bridgehead atoms. The first-order valence-electron chi connectivity index (χ1n) is 5.71. The second-order valence-electron chi connectivity index (χ2n) is 6.02. The highest BCUT2D eigenvalue weighted by Gasteiger charge is 2.66. The molecule has 0 N–H and O–H groups in total. The van der Waals surface area contributed by atoms with Crippen LogP contribution in [0.5, 0.6) is 0 Å². The van der Waals surface area contributed by atoms with Crippen molar-refractivity contribution in [2.24, 2.45) is 16.7 Å². The van der Waals surface area contributed by atoms with Gasteiger partial charge in [0.2, 0.25) is 0 Å². The normalized spacial score (nSPS) is 49.6. The van der Waals surface area contributed by atoms with Gasteiger partial charge < -0.3 is 0 Å². The van der Waals surface area contributed by atoms with Gasteiger partial charge in [-0.05, 0) is 42.4 Å². The Kier molecular flexibility index (Phi) is 2.13. The van der Waals surface area contributed by atoms with E-state index in [0.29, 0.717) is 10.8 Å². The molecule has 2 aliphatic carbocycles. The fraction of sp³-hybridized carbons (Fsp3) is 0.846. The van der Waals surface area contributed by atoms with Crippen molar-refractivity contribution >= 4 is 12.6 Å². The first-order chi connectivity index (χ1) is 6.37. The van der Waals surface area contributed by atoms with Gasteiger partial charge in [0.25, 0.3) is 0 Å². The lowest BCUT2D eigenvalue weighted by molar-refractivity contribution is 0.123. The summed E-state index contributed by atoms with van der Waals surface area (Å²) in [6, 6.07) is 0. The highest BCUT2D eigenvalue weighted by Crippen LogP contribution is 2.72. The monoisotopic (exact) mass is 210 g/mol. The zero-order chi connectivity index (χ0) is 10.6. The largest absolute Gasteiger partial charge is 0.172 e. The van der Waals surface area contributed by atoms with Crippen molar-refractivity contribution in [3.05, 3.63) is 12.7 Å². The van der Waals surface area contributed by atoms with Crippen LogP contribution in [0.15, 0.2) is 12.7 Å². The SMILES string of the molecule is C=CCC1(S)CC2CCC1(C)C2(C)C. The predicted octanol–water partition coefficient (Wildman–Crippen LogP) is 4.08. The van der Waals surface area contributed by atoms with Gasteiger partial charge in [0.1, 0.15) is 0 Å². The van der Waals surface area contributed by atoms with E-state index in [1.807, 2.05) is 0 Å². The molecule has 0 amide bonds. The Hall–Kier alpha value is 0.0900. The molecule has 2 aliphatic rings. The van der Waals surface area contributed by atoms with Gasteiger partial charge in [-0.2, -0.15) is 12.6 Å². The molecule has 14 heavy (non-hydrogen) atoms. The van der Waals surface area contributed by atoms with E-state index >= 15 is 0 Å². The maximum atomic E-state index is 4.99. The van der Waals surface area contributed by atoms with E-state index in [-0.39, 0.29) is 4.75 Å². The average Bonchev–Trinajstić information content (AvgIpc) is 2.36. The van der Waals surface area contributed by atoms with Crippen LogP contribution in [0.3, 0.4) is 0 Å². The summed E-state index contributed by atoms with van der Waals surface area (Å²) in [5, 5.41) is 0. The van der Waals surface area contributed by atoms with Crippen LogP contribution < -0.4 is 0 Å². The van der Waals surface area contributed by atoms with Gasteiger partial charge in [-0.25, -0.2) is 0 Å². The van der Waals surface area contributed by atoms with Crippen molar-refractivity contribution < 1.29 is 0 Å². The smallest absolute Gasteiger partial charge is 0.0225 e. The fourth-order valence-corrected chi connectivity index (χ4v) is 4.72. The average molecular weight is 210 g/mol. The molecule has 3 atom stereocenters. The van der Waals surface area contributed by atoms with Crippen LogP contribution in [0.25, 0.3) is 0 Å². The molecule has 3 unspecified atom stereocenters. The third-order valence-electron chi connectivity index (χ3n) is 5.53. The Balaban J connectivity index is 2.39. The first kappa shape index (κ1) is 10.6.